The van der Waals surface area contributed by atoms with Crippen LogP contribution in [0.25, 0.3) is 0 Å². The van der Waals surface area contributed by atoms with Crippen LogP contribution in [0.3, 0.4) is 0 Å². The molecule has 0 aromatic rings. The molecule has 0 saturated carbocycles. The molecule has 540 valence electrons. The Labute approximate surface area is 569 Å². The van der Waals surface area contributed by atoms with Crippen LogP contribution < -0.4 is 5.32 Å². The maximum atomic E-state index is 13.1. The molecule has 3 unspecified atom stereocenters. The topological polar surface area (TPSA) is 105 Å². The Bertz CT molecular complexity index is 1580. The molecule has 0 radical (unpaired) electrons. The molecule has 0 saturated heterocycles. The lowest BCUT2D eigenvalue weighted by Crippen LogP contribution is -2.45. The predicted molar refractivity (Wildman–Crippen MR) is 401 cm³/mol. The van der Waals surface area contributed by atoms with Gasteiger partial charge in [-0.25, -0.2) is 4.57 Å². The van der Waals surface area contributed by atoms with Crippen LogP contribution in [0.1, 0.15) is 431 Å². The van der Waals surface area contributed by atoms with Crippen LogP contribution in [-0.2, 0) is 18.4 Å². The summed E-state index contributed by atoms with van der Waals surface area (Å²) in [6.07, 6.45) is 99.2. The molecule has 0 aromatic carbocycles. The fourth-order valence-electron chi connectivity index (χ4n) is 12.8. The molecule has 3 N–H and O–H groups in total. The maximum Gasteiger partial charge on any atom is 0.472 e. The number of nitrogens with zero attached hydrogens (tertiary/aromatic N) is 1. The number of aliphatic hydroxyl groups excluding tert-OH is 1. The molecular weight excluding hydrogens is 1140 g/mol. The summed E-state index contributed by atoms with van der Waals surface area (Å²) in [5.41, 5.74) is 0. The first-order valence-electron chi connectivity index (χ1n) is 40.9. The second-order valence-electron chi connectivity index (χ2n) is 29.5. The number of hydrogen-bond acceptors (Lipinski definition) is 5. The zero-order valence-electron chi connectivity index (χ0n) is 62.1. The lowest BCUT2D eigenvalue weighted by atomic mass is 10.0. The maximum absolute atomic E-state index is 13.1. The van der Waals surface area contributed by atoms with Crippen molar-refractivity contribution in [2.24, 2.45) is 0 Å². The quantitative estimate of drug-likeness (QED) is 0.0243. The molecule has 8 nitrogen and oxygen atoms in total. The number of hydrogen-bond donors (Lipinski definition) is 3. The number of phosphoric ester groups is 1. The second-order valence-corrected chi connectivity index (χ2v) is 31.0. The Hall–Kier alpha value is -1.28. The van der Waals surface area contributed by atoms with Crippen molar-refractivity contribution in [3.8, 4) is 0 Å². The average molecular weight is 1300 g/mol. The molecule has 0 spiro atoms. The summed E-state index contributed by atoms with van der Waals surface area (Å²) in [4.78, 5) is 23.5. The number of carbonyl (C=O) groups excluding carboxylic acids is 1. The highest BCUT2D eigenvalue weighted by molar-refractivity contribution is 7.47. The Morgan fingerprint density at radius 2 is 0.626 bits per heavy atom. The van der Waals surface area contributed by atoms with Crippen LogP contribution in [0, 0.1) is 0 Å². The number of phosphoric acid groups is 1. The van der Waals surface area contributed by atoms with Gasteiger partial charge in [0.15, 0.2) is 0 Å². The van der Waals surface area contributed by atoms with Gasteiger partial charge in [-0.2, -0.15) is 0 Å². The van der Waals surface area contributed by atoms with Crippen molar-refractivity contribution >= 4 is 13.7 Å². The van der Waals surface area contributed by atoms with Gasteiger partial charge in [-0.3, -0.25) is 13.8 Å². The van der Waals surface area contributed by atoms with Gasteiger partial charge in [0.25, 0.3) is 0 Å². The summed E-state index contributed by atoms with van der Waals surface area (Å²) in [5.74, 6) is -0.167. The summed E-state index contributed by atoms with van der Waals surface area (Å²) < 4.78 is 23.9. The van der Waals surface area contributed by atoms with Crippen molar-refractivity contribution in [1.29, 1.82) is 0 Å². The SMILES string of the molecule is CCCCCCC/C=C\C/C=C\CCCCCCCCCCCCCCCCCCCCCCCCCCCCCC(=O)NC(COP(=O)(O)OCC[N+](C)(C)C)C(O)/C=C/CCCCCCCCCCCCCCCCCCCCCCCCCCCCCC. The summed E-state index contributed by atoms with van der Waals surface area (Å²) >= 11 is 0. The summed E-state index contributed by atoms with van der Waals surface area (Å²) in [6.45, 7) is 4.88. The third-order valence-corrected chi connectivity index (χ3v) is 20.1. The van der Waals surface area contributed by atoms with Crippen molar-refractivity contribution in [3.63, 3.8) is 0 Å². The smallest absolute Gasteiger partial charge is 0.387 e. The van der Waals surface area contributed by atoms with Gasteiger partial charge in [0.1, 0.15) is 13.2 Å². The molecular formula is C82H162N2O6P+. The van der Waals surface area contributed by atoms with Crippen molar-refractivity contribution < 1.29 is 32.9 Å². The molecule has 3 atom stereocenters. The van der Waals surface area contributed by atoms with Crippen molar-refractivity contribution in [3.05, 3.63) is 36.5 Å². The number of unbranched alkanes of at least 4 members (excludes halogenated alkanes) is 60. The van der Waals surface area contributed by atoms with Gasteiger partial charge in [-0.15, -0.1) is 0 Å². The van der Waals surface area contributed by atoms with E-state index < -0.39 is 20.0 Å². The van der Waals surface area contributed by atoms with Crippen LogP contribution in [0.2, 0.25) is 0 Å². The number of likely N-dealkylation sites (N-methyl/N-ethyl adjacent to an activating group) is 1. The Morgan fingerprint density at radius 1 is 0.374 bits per heavy atom. The average Bonchev–Trinajstić information content (AvgIpc) is 3.58. The van der Waals surface area contributed by atoms with E-state index in [1.165, 1.54) is 372 Å². The number of carbonyl (C=O) groups is 1. The molecule has 0 rings (SSSR count). The van der Waals surface area contributed by atoms with E-state index in [1.54, 1.807) is 6.08 Å². The first-order chi connectivity index (χ1) is 44.5. The first-order valence-corrected chi connectivity index (χ1v) is 42.4. The Morgan fingerprint density at radius 3 is 0.901 bits per heavy atom. The van der Waals surface area contributed by atoms with Gasteiger partial charge >= 0.3 is 7.82 Å². The van der Waals surface area contributed by atoms with E-state index in [0.717, 1.165) is 38.5 Å². The van der Waals surface area contributed by atoms with Gasteiger partial charge in [0, 0.05) is 6.42 Å². The minimum absolute atomic E-state index is 0.0644. The number of allylic oxidation sites excluding steroid dienone is 5. The van der Waals surface area contributed by atoms with Crippen LogP contribution in [0.5, 0.6) is 0 Å². The third kappa shape index (κ3) is 76.0. The van der Waals surface area contributed by atoms with E-state index in [2.05, 4.69) is 43.5 Å². The largest absolute Gasteiger partial charge is 0.472 e. The summed E-state index contributed by atoms with van der Waals surface area (Å²) in [5, 5.41) is 14.1. The molecule has 1 amide bonds. The van der Waals surface area contributed by atoms with E-state index in [-0.39, 0.29) is 19.1 Å². The molecule has 0 aliphatic rings. The van der Waals surface area contributed by atoms with Gasteiger partial charge in [0.2, 0.25) is 5.91 Å². The molecule has 0 fully saturated rings. The first kappa shape index (κ1) is 89.7. The molecule has 0 heterocycles. The highest BCUT2D eigenvalue weighted by Crippen LogP contribution is 2.43. The van der Waals surface area contributed by atoms with Gasteiger partial charge < -0.3 is 19.8 Å². The minimum atomic E-state index is -4.36. The van der Waals surface area contributed by atoms with E-state index >= 15 is 0 Å². The van der Waals surface area contributed by atoms with E-state index in [1.807, 2.05) is 27.2 Å². The third-order valence-electron chi connectivity index (χ3n) is 19.1. The van der Waals surface area contributed by atoms with Crippen molar-refractivity contribution in [1.82, 2.24) is 5.32 Å². The number of nitrogens with one attached hydrogen (secondary N) is 1. The Kier molecular flexibility index (Phi) is 72.0. The zero-order chi connectivity index (χ0) is 66.2. The molecule has 0 bridgehead atoms. The van der Waals surface area contributed by atoms with Crippen LogP contribution in [-0.4, -0.2) is 73.4 Å². The van der Waals surface area contributed by atoms with Gasteiger partial charge in [-0.1, -0.05) is 410 Å². The van der Waals surface area contributed by atoms with Crippen molar-refractivity contribution in [2.45, 2.75) is 443 Å². The van der Waals surface area contributed by atoms with E-state index in [9.17, 15) is 19.4 Å². The van der Waals surface area contributed by atoms with Crippen molar-refractivity contribution in [2.75, 3.05) is 40.9 Å². The fraction of sp³-hybridized carbons (Fsp3) is 0.915. The zero-order valence-corrected chi connectivity index (χ0v) is 63.0. The lowest BCUT2D eigenvalue weighted by molar-refractivity contribution is -0.870. The van der Waals surface area contributed by atoms with E-state index in [0.29, 0.717) is 17.4 Å². The second kappa shape index (κ2) is 73.0. The van der Waals surface area contributed by atoms with E-state index in [4.69, 9.17) is 9.05 Å². The lowest BCUT2D eigenvalue weighted by Gasteiger charge is -2.25. The summed E-state index contributed by atoms with van der Waals surface area (Å²) in [7, 11) is 1.60. The number of rotatable bonds is 77. The molecule has 0 aliphatic heterocycles. The van der Waals surface area contributed by atoms with Crippen LogP contribution in [0.4, 0.5) is 0 Å². The van der Waals surface area contributed by atoms with Gasteiger partial charge in [0.05, 0.1) is 39.9 Å². The number of aliphatic hydroxyl groups is 1. The molecule has 0 aromatic heterocycles. The molecule has 91 heavy (non-hydrogen) atoms. The minimum Gasteiger partial charge on any atom is -0.387 e. The van der Waals surface area contributed by atoms with Crippen LogP contribution in [0.15, 0.2) is 36.5 Å². The standard InChI is InChI=1S/C82H161N2O6P/c1-6-8-10-12-14-16-18-20-22-24-26-28-30-32-34-36-38-39-40-41-42-43-44-45-46-48-50-52-54-56-58-60-62-64-66-68-70-72-74-76-82(86)83-80(79-90-91(87,88)89-78-77-84(3,4)5)81(85)75-73-71-69-67-65-63-61-59-57-55-53-51-49-47-37-35-33-31-29-27-25-23-21-19-17-15-13-11-9-7-2/h18,20,24,26,73,75,80-81,85H,6-17,19,21-23,25,27-72,74,76-79H2,1-5H3,(H-,83,86,87,88)/p+1/b20-18-,26-24-,75-73+. The fourth-order valence-corrected chi connectivity index (χ4v) is 13.5. The summed E-state index contributed by atoms with van der Waals surface area (Å²) in [6, 6.07) is -0.846. The predicted octanol–water partition coefficient (Wildman–Crippen LogP) is 26.7. The molecule has 9 heteroatoms. The molecule has 0 aliphatic carbocycles. The van der Waals surface area contributed by atoms with Crippen LogP contribution >= 0.6 is 7.82 Å². The highest BCUT2D eigenvalue weighted by atomic mass is 31.2. The number of amides is 1. The highest BCUT2D eigenvalue weighted by Gasteiger charge is 2.28. The Balaban J connectivity index is 3.91. The normalized spacial score (nSPS) is 13.6. The van der Waals surface area contributed by atoms with Gasteiger partial charge in [-0.05, 0) is 51.4 Å². The monoisotopic (exact) mass is 1300 g/mol. The number of quaternary nitrogens is 1.